The van der Waals surface area contributed by atoms with Crippen molar-refractivity contribution in [2.45, 2.75) is 49.8 Å². The molecule has 1 saturated carbocycles. The minimum absolute atomic E-state index is 0.915. The SMILES string of the molecule is SC[Se][Se][Se]C1CCCCCCC1. The van der Waals surface area contributed by atoms with Gasteiger partial charge in [-0.2, -0.15) is 0 Å². The third-order valence-electron chi connectivity index (χ3n) is 2.33. The van der Waals surface area contributed by atoms with E-state index in [1.165, 1.54) is 36.8 Å². The van der Waals surface area contributed by atoms with E-state index in [2.05, 4.69) is 12.6 Å². The van der Waals surface area contributed by atoms with Crippen molar-refractivity contribution < 1.29 is 0 Å². The van der Waals surface area contributed by atoms with Gasteiger partial charge in [0, 0.05) is 0 Å². The summed E-state index contributed by atoms with van der Waals surface area (Å²) in [7, 11) is 0. The number of hydrogen-bond acceptors (Lipinski definition) is 1. The van der Waals surface area contributed by atoms with Crippen LogP contribution in [0, 0.1) is 0 Å². The van der Waals surface area contributed by atoms with Crippen molar-refractivity contribution in [3.63, 3.8) is 0 Å². The van der Waals surface area contributed by atoms with E-state index in [1.54, 1.807) is 12.8 Å². The van der Waals surface area contributed by atoms with Crippen LogP contribution in [0.4, 0.5) is 0 Å². The molecule has 13 heavy (non-hydrogen) atoms. The summed E-state index contributed by atoms with van der Waals surface area (Å²) in [5.74, 6) is 0. The molecule has 1 fully saturated rings. The van der Waals surface area contributed by atoms with Crippen molar-refractivity contribution in [1.82, 2.24) is 0 Å². The molecule has 0 aromatic heterocycles. The maximum atomic E-state index is 4.31. The molecule has 0 N–H and O–H groups in total. The third kappa shape index (κ3) is 6.90. The van der Waals surface area contributed by atoms with Gasteiger partial charge in [-0.1, -0.05) is 0 Å². The van der Waals surface area contributed by atoms with Crippen molar-refractivity contribution >= 4 is 50.2 Å². The van der Waals surface area contributed by atoms with E-state index in [0.29, 0.717) is 0 Å². The standard InChI is InChI=1S/C9H18SSe3/c10-8-11-13-12-9-6-4-2-1-3-5-7-9/h9-10H,1-8H2. The molecule has 1 rings (SSSR count). The van der Waals surface area contributed by atoms with E-state index in [9.17, 15) is 0 Å². The normalized spacial score (nSPS) is 21.0. The van der Waals surface area contributed by atoms with Gasteiger partial charge in [0.25, 0.3) is 0 Å². The molecule has 0 heterocycles. The van der Waals surface area contributed by atoms with Crippen LogP contribution in [0.5, 0.6) is 0 Å². The fraction of sp³-hybridized carbons (Fsp3) is 1.00. The van der Waals surface area contributed by atoms with Crippen LogP contribution in [0.1, 0.15) is 44.9 Å². The molecule has 0 spiro atoms. The van der Waals surface area contributed by atoms with Gasteiger partial charge in [-0.15, -0.1) is 0 Å². The Morgan fingerprint density at radius 2 is 1.62 bits per heavy atom. The summed E-state index contributed by atoms with van der Waals surface area (Å²) in [4.78, 5) is 1.16. The zero-order valence-corrected chi connectivity index (χ0v) is 13.9. The first-order chi connectivity index (χ1) is 6.43. The van der Waals surface area contributed by atoms with Gasteiger partial charge in [-0.3, -0.25) is 0 Å². The maximum absolute atomic E-state index is 4.31. The first-order valence-electron chi connectivity index (χ1n) is 4.99. The van der Waals surface area contributed by atoms with Crippen LogP contribution in [-0.4, -0.2) is 42.2 Å². The van der Waals surface area contributed by atoms with Gasteiger partial charge in [0.05, 0.1) is 0 Å². The second-order valence-electron chi connectivity index (χ2n) is 3.38. The Kier molecular flexibility index (Phi) is 9.14. The van der Waals surface area contributed by atoms with Crippen molar-refractivity contribution in [2.24, 2.45) is 0 Å². The minimum atomic E-state index is 0.915. The van der Waals surface area contributed by atoms with Crippen molar-refractivity contribution in [2.75, 3.05) is 4.65 Å². The first-order valence-corrected chi connectivity index (χ1v) is 16.5. The summed E-state index contributed by atoms with van der Waals surface area (Å²) in [5.41, 5.74) is 0. The molecule has 0 nitrogen and oxygen atoms in total. The molecule has 0 aromatic carbocycles. The molecule has 1 aliphatic carbocycles. The zero-order chi connectivity index (χ0) is 9.36. The third-order valence-corrected chi connectivity index (χ3v) is 23.2. The van der Waals surface area contributed by atoms with Crippen molar-refractivity contribution in [1.29, 1.82) is 0 Å². The molecule has 0 bridgehead atoms. The molecule has 1 aliphatic rings. The molecule has 0 saturated heterocycles. The molecule has 0 unspecified atom stereocenters. The number of rotatable bonds is 4. The molecular formula is C9H18SSe3. The fourth-order valence-electron chi connectivity index (χ4n) is 1.62. The summed E-state index contributed by atoms with van der Waals surface area (Å²) in [6.07, 6.45) is 10.7. The van der Waals surface area contributed by atoms with Crippen molar-refractivity contribution in [3.05, 3.63) is 0 Å². The predicted molar refractivity (Wildman–Crippen MR) is 67.2 cm³/mol. The molecule has 0 amide bonds. The summed E-state index contributed by atoms with van der Waals surface area (Å²) >= 11 is 7.27. The molecule has 0 aliphatic heterocycles. The van der Waals surface area contributed by atoms with E-state index in [0.717, 1.165) is 42.4 Å². The van der Waals surface area contributed by atoms with Crippen LogP contribution < -0.4 is 0 Å². The fourth-order valence-corrected chi connectivity index (χ4v) is 25.5. The molecule has 0 radical (unpaired) electrons. The van der Waals surface area contributed by atoms with Gasteiger partial charge in [-0.25, -0.2) is 0 Å². The summed E-state index contributed by atoms with van der Waals surface area (Å²) in [5, 5.41) is 0. The van der Waals surface area contributed by atoms with Gasteiger partial charge < -0.3 is 0 Å². The van der Waals surface area contributed by atoms with Gasteiger partial charge in [0.1, 0.15) is 0 Å². The van der Waals surface area contributed by atoms with E-state index in [4.69, 9.17) is 0 Å². The van der Waals surface area contributed by atoms with Crippen LogP contribution in [0.3, 0.4) is 0 Å². The Hall–Kier alpha value is 1.91. The molecule has 0 atom stereocenters. The van der Waals surface area contributed by atoms with Crippen LogP contribution in [0.25, 0.3) is 0 Å². The Morgan fingerprint density at radius 1 is 1.00 bits per heavy atom. The second-order valence-corrected chi connectivity index (χ2v) is 21.7. The average Bonchev–Trinajstić information content (AvgIpc) is 2.08. The topological polar surface area (TPSA) is 0 Å². The number of thiol groups is 1. The van der Waals surface area contributed by atoms with E-state index in [-0.39, 0.29) is 0 Å². The number of hydrogen-bond donors (Lipinski definition) is 1. The van der Waals surface area contributed by atoms with Crippen LogP contribution >= 0.6 is 12.6 Å². The van der Waals surface area contributed by atoms with E-state index < -0.39 is 0 Å². The Balaban J connectivity index is 2.06. The molecule has 78 valence electrons. The van der Waals surface area contributed by atoms with Gasteiger partial charge >= 0.3 is 105 Å². The van der Waals surface area contributed by atoms with Crippen LogP contribution in [0.15, 0.2) is 0 Å². The van der Waals surface area contributed by atoms with Gasteiger partial charge in [-0.05, 0) is 0 Å². The summed E-state index contributed by atoms with van der Waals surface area (Å²) < 4.78 is 1.18. The van der Waals surface area contributed by atoms with Crippen molar-refractivity contribution in [3.8, 4) is 0 Å². The Labute approximate surface area is 104 Å². The zero-order valence-electron chi connectivity index (χ0n) is 7.91. The van der Waals surface area contributed by atoms with Crippen LogP contribution in [-0.2, 0) is 0 Å². The Bertz CT molecular complexity index is 113. The monoisotopic (exact) mass is 398 g/mol. The van der Waals surface area contributed by atoms with Gasteiger partial charge in [0.2, 0.25) is 0 Å². The molecular weight excluding hydrogens is 377 g/mol. The summed E-state index contributed by atoms with van der Waals surface area (Å²) in [6.45, 7) is 0. The van der Waals surface area contributed by atoms with E-state index in [1.807, 2.05) is 0 Å². The molecule has 0 aromatic rings. The predicted octanol–water partition coefficient (Wildman–Crippen LogP) is 2.35. The van der Waals surface area contributed by atoms with Crippen LogP contribution in [0.2, 0.25) is 4.82 Å². The molecule has 4 heteroatoms. The quantitative estimate of drug-likeness (QED) is 0.422. The average molecular weight is 395 g/mol. The first kappa shape index (κ1) is 13.0. The second kappa shape index (κ2) is 9.16. The Morgan fingerprint density at radius 3 is 2.23 bits per heavy atom. The summed E-state index contributed by atoms with van der Waals surface area (Å²) in [6, 6.07) is 0. The van der Waals surface area contributed by atoms with E-state index >= 15 is 0 Å². The van der Waals surface area contributed by atoms with Gasteiger partial charge in [0.15, 0.2) is 0 Å².